The van der Waals surface area contributed by atoms with Gasteiger partial charge in [-0.05, 0) is 76.2 Å². The Labute approximate surface area is 251 Å². The molecular weight excluding hydrogens is 573 g/mol. The minimum atomic E-state index is -2.64. The Morgan fingerprint density at radius 2 is 1.68 bits per heavy atom. The normalized spacial score (nSPS) is 18.6. The van der Waals surface area contributed by atoms with Crippen molar-refractivity contribution in [2.45, 2.75) is 56.5 Å². The minimum Gasteiger partial charge on any atom is -0.404 e. The van der Waals surface area contributed by atoms with Crippen LogP contribution >= 0.6 is 0 Å². The molecule has 5 heterocycles. The van der Waals surface area contributed by atoms with Gasteiger partial charge in [-0.15, -0.1) is 6.42 Å². The lowest BCUT2D eigenvalue weighted by Gasteiger charge is -2.41. The topological polar surface area (TPSA) is 121 Å². The highest BCUT2D eigenvalue weighted by atomic mass is 19.1. The SMILES string of the molecule is C#Cc1c(F)ccc2c(F)c(N)cc(-c3ncc4c(N5CCCCC5)nc(OC(O)(O)C56CCCN5CCC6)nc4c3F)c12. The number of ether oxygens (including phenoxy) is 1. The number of rotatable bonds is 5. The van der Waals surface area contributed by atoms with E-state index in [1.165, 1.54) is 18.3 Å². The summed E-state index contributed by atoms with van der Waals surface area (Å²) in [6, 6.07) is 2.98. The second kappa shape index (κ2) is 10.5. The van der Waals surface area contributed by atoms with E-state index in [1.807, 2.05) is 9.80 Å². The number of anilines is 2. The highest BCUT2D eigenvalue weighted by molar-refractivity contribution is 6.04. The van der Waals surface area contributed by atoms with Crippen molar-refractivity contribution in [1.29, 1.82) is 0 Å². The number of nitrogen functional groups attached to an aromatic ring is 1. The molecule has 12 heteroatoms. The second-order valence-corrected chi connectivity index (χ2v) is 11.8. The summed E-state index contributed by atoms with van der Waals surface area (Å²) >= 11 is 0. The van der Waals surface area contributed by atoms with E-state index >= 15 is 8.78 Å². The molecule has 3 aliphatic rings. The third-order valence-corrected chi connectivity index (χ3v) is 9.39. The molecule has 0 amide bonds. The summed E-state index contributed by atoms with van der Waals surface area (Å²) in [5.41, 5.74) is 3.84. The number of pyridine rings is 1. The summed E-state index contributed by atoms with van der Waals surface area (Å²) in [5.74, 6) is -2.60. The van der Waals surface area contributed by atoms with E-state index in [1.54, 1.807) is 0 Å². The van der Waals surface area contributed by atoms with Gasteiger partial charge in [0, 0.05) is 35.6 Å². The molecular formula is C32H31F3N6O3. The van der Waals surface area contributed by atoms with Gasteiger partial charge in [0.15, 0.2) is 11.6 Å². The fourth-order valence-electron chi connectivity index (χ4n) is 7.28. The average Bonchev–Trinajstić information content (AvgIpc) is 3.62. The van der Waals surface area contributed by atoms with Crippen LogP contribution in [0.3, 0.4) is 0 Å². The minimum absolute atomic E-state index is 0.0172. The number of nitrogens with zero attached hydrogens (tertiary/aromatic N) is 5. The molecule has 0 radical (unpaired) electrons. The molecule has 3 fully saturated rings. The number of hydrogen-bond donors (Lipinski definition) is 3. The number of terminal acetylenes is 1. The molecule has 3 saturated heterocycles. The van der Waals surface area contributed by atoms with Crippen LogP contribution in [0.15, 0.2) is 24.4 Å². The number of aromatic nitrogens is 3. The van der Waals surface area contributed by atoms with Crippen LogP contribution < -0.4 is 15.4 Å². The Balaban J connectivity index is 1.43. The highest BCUT2D eigenvalue weighted by Gasteiger charge is 2.60. The van der Waals surface area contributed by atoms with Gasteiger partial charge in [-0.3, -0.25) is 9.88 Å². The van der Waals surface area contributed by atoms with E-state index in [0.717, 1.165) is 38.2 Å². The molecule has 0 aliphatic carbocycles. The summed E-state index contributed by atoms with van der Waals surface area (Å²) in [7, 11) is 0. The highest BCUT2D eigenvalue weighted by Crippen LogP contribution is 2.46. The van der Waals surface area contributed by atoms with E-state index in [-0.39, 0.29) is 44.2 Å². The van der Waals surface area contributed by atoms with Gasteiger partial charge < -0.3 is 25.6 Å². The second-order valence-electron chi connectivity index (χ2n) is 11.8. The number of piperidine rings is 1. The van der Waals surface area contributed by atoms with Crippen molar-refractivity contribution in [2.24, 2.45) is 0 Å². The number of benzene rings is 2. The fourth-order valence-corrected chi connectivity index (χ4v) is 7.28. The summed E-state index contributed by atoms with van der Waals surface area (Å²) in [4.78, 5) is 17.2. The molecule has 0 atom stereocenters. The molecule has 0 saturated carbocycles. The Bertz CT molecular complexity index is 1840. The Morgan fingerprint density at radius 1 is 0.955 bits per heavy atom. The van der Waals surface area contributed by atoms with Crippen molar-refractivity contribution >= 4 is 33.2 Å². The molecule has 0 unspecified atom stereocenters. The van der Waals surface area contributed by atoms with Crippen LogP contribution in [0.25, 0.3) is 32.9 Å². The number of halogens is 3. The molecule has 4 aromatic rings. The Hall–Kier alpha value is -4.18. The van der Waals surface area contributed by atoms with Crippen molar-refractivity contribution < 1.29 is 28.1 Å². The first-order chi connectivity index (χ1) is 21.1. The molecule has 0 spiro atoms. The predicted octanol–water partition coefficient (Wildman–Crippen LogP) is 4.46. The fraction of sp³-hybridized carbons (Fsp3) is 0.406. The molecule has 3 aliphatic heterocycles. The van der Waals surface area contributed by atoms with Crippen molar-refractivity contribution in [3.05, 3.63) is 47.4 Å². The first kappa shape index (κ1) is 28.6. The lowest BCUT2D eigenvalue weighted by Crippen LogP contribution is -2.62. The van der Waals surface area contributed by atoms with Crippen LogP contribution in [-0.4, -0.2) is 67.8 Å². The van der Waals surface area contributed by atoms with Crippen LogP contribution in [0.2, 0.25) is 0 Å². The molecule has 2 aromatic heterocycles. The number of aliphatic hydroxyl groups is 2. The van der Waals surface area contributed by atoms with Crippen LogP contribution in [-0.2, 0) is 0 Å². The van der Waals surface area contributed by atoms with E-state index in [0.29, 0.717) is 44.8 Å². The van der Waals surface area contributed by atoms with Gasteiger partial charge in [-0.25, -0.2) is 13.2 Å². The summed E-state index contributed by atoms with van der Waals surface area (Å²) in [6.45, 7) is 2.70. The zero-order valence-electron chi connectivity index (χ0n) is 23.9. The maximum absolute atomic E-state index is 16.7. The first-order valence-corrected chi connectivity index (χ1v) is 14.8. The van der Waals surface area contributed by atoms with E-state index in [2.05, 4.69) is 20.9 Å². The van der Waals surface area contributed by atoms with Gasteiger partial charge >= 0.3 is 12.0 Å². The molecule has 7 rings (SSSR count). The summed E-state index contributed by atoms with van der Waals surface area (Å²) < 4.78 is 52.3. The zero-order chi connectivity index (χ0) is 30.8. The molecule has 9 nitrogen and oxygen atoms in total. The van der Waals surface area contributed by atoms with Crippen molar-refractivity contribution in [3.63, 3.8) is 0 Å². The maximum Gasteiger partial charge on any atom is 0.343 e. The largest absolute Gasteiger partial charge is 0.404 e. The van der Waals surface area contributed by atoms with Crippen molar-refractivity contribution in [3.8, 4) is 29.6 Å². The lowest BCUT2D eigenvalue weighted by molar-refractivity contribution is -0.349. The zero-order valence-corrected chi connectivity index (χ0v) is 23.9. The van der Waals surface area contributed by atoms with Crippen LogP contribution in [0, 0.1) is 29.8 Å². The smallest absolute Gasteiger partial charge is 0.343 e. The van der Waals surface area contributed by atoms with Crippen LogP contribution in [0.1, 0.15) is 50.5 Å². The van der Waals surface area contributed by atoms with E-state index in [4.69, 9.17) is 16.9 Å². The van der Waals surface area contributed by atoms with E-state index < -0.39 is 35.0 Å². The standard InChI is InChI=1S/C32H31F3N6O3/c1-2-18-22(33)9-8-19-24(18)20(16-23(36)25(19)34)27-26(35)28-21(17-37-27)29(40-12-4-3-5-13-40)39-30(38-28)44-32(42,43)31-10-6-14-41(31)15-7-11-31/h1,8-9,16-17,42-43H,3-7,10-15,36H2. The third-order valence-electron chi connectivity index (χ3n) is 9.39. The molecule has 0 bridgehead atoms. The van der Waals surface area contributed by atoms with Gasteiger partial charge in [0.2, 0.25) is 0 Å². The average molecular weight is 605 g/mol. The predicted molar refractivity (Wildman–Crippen MR) is 159 cm³/mol. The molecule has 228 valence electrons. The summed E-state index contributed by atoms with van der Waals surface area (Å²) in [6.07, 6.45) is 12.4. The Morgan fingerprint density at radius 3 is 2.39 bits per heavy atom. The number of nitrogens with two attached hydrogens (primary N) is 1. The third kappa shape index (κ3) is 4.25. The van der Waals surface area contributed by atoms with Gasteiger partial charge in [-0.1, -0.05) is 5.92 Å². The summed E-state index contributed by atoms with van der Waals surface area (Å²) in [5, 5.41) is 22.8. The first-order valence-electron chi connectivity index (χ1n) is 14.8. The van der Waals surface area contributed by atoms with Gasteiger partial charge in [0.05, 0.1) is 16.6 Å². The molecule has 4 N–H and O–H groups in total. The monoisotopic (exact) mass is 604 g/mol. The van der Waals surface area contributed by atoms with Gasteiger partial charge in [0.25, 0.3) is 0 Å². The van der Waals surface area contributed by atoms with Crippen molar-refractivity contribution in [1.82, 2.24) is 19.9 Å². The van der Waals surface area contributed by atoms with Crippen LogP contribution in [0.5, 0.6) is 6.01 Å². The molecule has 2 aromatic carbocycles. The molecule has 44 heavy (non-hydrogen) atoms. The number of fused-ring (bicyclic) bond motifs is 3. The van der Waals surface area contributed by atoms with E-state index in [9.17, 15) is 14.6 Å². The van der Waals surface area contributed by atoms with Gasteiger partial charge in [0.1, 0.15) is 28.4 Å². The van der Waals surface area contributed by atoms with Gasteiger partial charge in [-0.2, -0.15) is 9.97 Å². The lowest BCUT2D eigenvalue weighted by atomic mass is 9.91. The quantitative estimate of drug-likeness (QED) is 0.172. The van der Waals surface area contributed by atoms with Crippen molar-refractivity contribution in [2.75, 3.05) is 36.8 Å². The maximum atomic E-state index is 16.7. The van der Waals surface area contributed by atoms with Crippen LogP contribution in [0.4, 0.5) is 24.7 Å². The number of hydrogen-bond acceptors (Lipinski definition) is 9. The Kier molecular flexibility index (Phi) is 6.80.